The third-order valence-corrected chi connectivity index (χ3v) is 2.62. The number of hydroxylamine groups is 1. The predicted molar refractivity (Wildman–Crippen MR) is 53.8 cm³/mol. The van der Waals surface area contributed by atoms with E-state index in [0.717, 1.165) is 10.0 Å². The van der Waals surface area contributed by atoms with Gasteiger partial charge in [0.15, 0.2) is 0 Å². The Hall–Kier alpha value is -0.870. The van der Waals surface area contributed by atoms with Crippen molar-refractivity contribution in [3.8, 4) is 0 Å². The Bertz CT molecular complexity index is 338. The van der Waals surface area contributed by atoms with Crippen molar-refractivity contribution in [2.24, 2.45) is 0 Å². The van der Waals surface area contributed by atoms with Crippen LogP contribution in [-0.2, 0) is 4.79 Å². The molecule has 0 radical (unpaired) electrons. The van der Waals surface area contributed by atoms with E-state index in [0.29, 0.717) is 10.8 Å². The van der Waals surface area contributed by atoms with Crippen molar-refractivity contribution < 1.29 is 10.0 Å². The van der Waals surface area contributed by atoms with Gasteiger partial charge in [0.2, 0.25) is 5.91 Å². The second kappa shape index (κ2) is 3.89. The molecule has 0 bridgehead atoms. The fourth-order valence-electron chi connectivity index (χ4n) is 0.995. The zero-order valence-electron chi connectivity index (χ0n) is 7.41. The van der Waals surface area contributed by atoms with Gasteiger partial charge in [0.05, 0.1) is 5.69 Å². The van der Waals surface area contributed by atoms with Crippen molar-refractivity contribution in [3.05, 3.63) is 28.2 Å². The predicted octanol–water partition coefficient (Wildman–Crippen LogP) is 2.50. The molecule has 0 aliphatic heterocycles. The van der Waals surface area contributed by atoms with E-state index in [2.05, 4.69) is 15.9 Å². The van der Waals surface area contributed by atoms with E-state index in [-0.39, 0.29) is 0 Å². The fraction of sp³-hybridized carbons (Fsp3) is 0.222. The molecule has 1 aromatic rings. The summed E-state index contributed by atoms with van der Waals surface area (Å²) in [6, 6.07) is 5.30. The highest BCUT2D eigenvalue weighted by Crippen LogP contribution is 2.25. The van der Waals surface area contributed by atoms with Crippen LogP contribution in [0.1, 0.15) is 12.5 Å². The zero-order valence-corrected chi connectivity index (χ0v) is 9.00. The van der Waals surface area contributed by atoms with Crippen molar-refractivity contribution >= 4 is 27.5 Å². The lowest BCUT2D eigenvalue weighted by Gasteiger charge is -2.15. The first-order valence-corrected chi connectivity index (χ1v) is 4.58. The van der Waals surface area contributed by atoms with Crippen molar-refractivity contribution in [3.63, 3.8) is 0 Å². The third kappa shape index (κ3) is 2.08. The quantitative estimate of drug-likeness (QED) is 0.609. The first kappa shape index (κ1) is 10.2. The smallest absolute Gasteiger partial charge is 0.247 e. The maximum atomic E-state index is 10.9. The lowest BCUT2D eigenvalue weighted by atomic mass is 10.2. The van der Waals surface area contributed by atoms with Crippen molar-refractivity contribution in [2.75, 3.05) is 5.06 Å². The van der Waals surface area contributed by atoms with Crippen molar-refractivity contribution in [1.29, 1.82) is 0 Å². The van der Waals surface area contributed by atoms with Crippen LogP contribution in [0.4, 0.5) is 5.69 Å². The highest BCUT2D eigenvalue weighted by molar-refractivity contribution is 9.10. The number of hydrogen-bond donors (Lipinski definition) is 1. The molecule has 0 atom stereocenters. The molecule has 1 aromatic carbocycles. The molecule has 0 saturated carbocycles. The number of benzene rings is 1. The van der Waals surface area contributed by atoms with Crippen LogP contribution < -0.4 is 5.06 Å². The number of carbonyl (C=O) groups excluding carboxylic acids is 1. The van der Waals surface area contributed by atoms with E-state index in [9.17, 15) is 10.0 Å². The molecule has 0 unspecified atom stereocenters. The molecule has 1 rings (SSSR count). The van der Waals surface area contributed by atoms with Crippen LogP contribution in [0.3, 0.4) is 0 Å². The second-order valence-electron chi connectivity index (χ2n) is 2.71. The van der Waals surface area contributed by atoms with Crippen LogP contribution in [0, 0.1) is 6.92 Å². The minimum atomic E-state index is -0.402. The highest BCUT2D eigenvalue weighted by atomic mass is 79.9. The molecule has 0 saturated heterocycles. The molecule has 13 heavy (non-hydrogen) atoms. The average molecular weight is 244 g/mol. The van der Waals surface area contributed by atoms with E-state index in [1.54, 1.807) is 12.1 Å². The van der Waals surface area contributed by atoms with Crippen LogP contribution in [0.5, 0.6) is 0 Å². The monoisotopic (exact) mass is 243 g/mol. The van der Waals surface area contributed by atoms with Gasteiger partial charge < -0.3 is 0 Å². The summed E-state index contributed by atoms with van der Waals surface area (Å²) < 4.78 is 0.866. The van der Waals surface area contributed by atoms with Crippen molar-refractivity contribution in [1.82, 2.24) is 0 Å². The Labute approximate surface area is 85.1 Å². The maximum absolute atomic E-state index is 10.9. The van der Waals surface area contributed by atoms with Gasteiger partial charge in [-0.3, -0.25) is 10.0 Å². The molecule has 0 aliphatic carbocycles. The van der Waals surface area contributed by atoms with Gasteiger partial charge in [-0.2, -0.15) is 5.06 Å². The first-order valence-electron chi connectivity index (χ1n) is 3.78. The summed E-state index contributed by atoms with van der Waals surface area (Å²) in [7, 11) is 0. The van der Waals surface area contributed by atoms with Gasteiger partial charge in [0.25, 0.3) is 0 Å². The molecule has 1 amide bonds. The third-order valence-electron chi connectivity index (χ3n) is 1.77. The number of rotatable bonds is 1. The number of halogens is 1. The van der Waals surface area contributed by atoms with Gasteiger partial charge in [-0.05, 0) is 24.6 Å². The summed E-state index contributed by atoms with van der Waals surface area (Å²) in [5, 5.41) is 10.0. The summed E-state index contributed by atoms with van der Waals surface area (Å²) in [5.41, 5.74) is 1.34. The molecule has 4 heteroatoms. The largest absolute Gasteiger partial charge is 0.281 e. The van der Waals surface area contributed by atoms with E-state index >= 15 is 0 Å². The topological polar surface area (TPSA) is 40.5 Å². The Morgan fingerprint density at radius 3 is 2.69 bits per heavy atom. The molecule has 0 aliphatic rings. The summed E-state index contributed by atoms with van der Waals surface area (Å²) in [6.45, 7) is 3.13. The average Bonchev–Trinajstić information content (AvgIpc) is 2.08. The lowest BCUT2D eigenvalue weighted by molar-refractivity contribution is -0.121. The molecule has 0 heterocycles. The first-order chi connectivity index (χ1) is 6.04. The lowest BCUT2D eigenvalue weighted by Crippen LogP contribution is -2.24. The maximum Gasteiger partial charge on any atom is 0.247 e. The van der Waals surface area contributed by atoms with Gasteiger partial charge in [-0.15, -0.1) is 0 Å². The van der Waals surface area contributed by atoms with E-state index in [1.165, 1.54) is 6.92 Å². The summed E-state index contributed by atoms with van der Waals surface area (Å²) in [5.74, 6) is -0.402. The van der Waals surface area contributed by atoms with E-state index in [1.807, 2.05) is 13.0 Å². The molecule has 3 nitrogen and oxygen atoms in total. The molecular weight excluding hydrogens is 234 g/mol. The molecule has 0 fully saturated rings. The molecule has 0 aromatic heterocycles. The van der Waals surface area contributed by atoms with Gasteiger partial charge in [-0.25, -0.2) is 0 Å². The van der Waals surface area contributed by atoms with Crippen molar-refractivity contribution in [2.45, 2.75) is 13.8 Å². The van der Waals surface area contributed by atoms with Gasteiger partial charge >= 0.3 is 0 Å². The minimum absolute atomic E-state index is 0.402. The molecule has 70 valence electrons. The Morgan fingerprint density at radius 1 is 1.54 bits per heavy atom. The van der Waals surface area contributed by atoms with Crippen LogP contribution in [0.2, 0.25) is 0 Å². The Morgan fingerprint density at radius 2 is 2.15 bits per heavy atom. The van der Waals surface area contributed by atoms with Crippen LogP contribution >= 0.6 is 15.9 Å². The number of amides is 1. The summed E-state index contributed by atoms with van der Waals surface area (Å²) in [4.78, 5) is 10.9. The zero-order chi connectivity index (χ0) is 10.0. The van der Waals surface area contributed by atoms with Crippen LogP contribution in [0.25, 0.3) is 0 Å². The van der Waals surface area contributed by atoms with Gasteiger partial charge in [-0.1, -0.05) is 22.0 Å². The summed E-state index contributed by atoms with van der Waals surface area (Å²) in [6.07, 6.45) is 0. The number of nitrogens with zero attached hydrogens (tertiary/aromatic N) is 1. The molecular formula is C9H10BrNO2. The Kier molecular flexibility index (Phi) is 3.06. The van der Waals surface area contributed by atoms with Crippen LogP contribution in [0.15, 0.2) is 22.7 Å². The molecule has 1 N–H and O–H groups in total. The fourth-order valence-corrected chi connectivity index (χ4v) is 1.35. The standard InChI is InChI=1S/C9H10BrNO2/c1-6-8(10)4-3-5-9(6)11(13)7(2)12/h3-5,13H,1-2H3. The van der Waals surface area contributed by atoms with Crippen LogP contribution in [-0.4, -0.2) is 11.1 Å². The summed E-state index contributed by atoms with van der Waals surface area (Å²) >= 11 is 3.31. The Balaban J connectivity index is 3.15. The number of hydrogen-bond acceptors (Lipinski definition) is 2. The number of anilines is 1. The normalized spacial score (nSPS) is 9.85. The highest BCUT2D eigenvalue weighted by Gasteiger charge is 2.11. The number of carbonyl (C=O) groups is 1. The molecule has 0 spiro atoms. The minimum Gasteiger partial charge on any atom is -0.281 e. The van der Waals surface area contributed by atoms with Gasteiger partial charge in [0.1, 0.15) is 0 Å². The van der Waals surface area contributed by atoms with E-state index in [4.69, 9.17) is 0 Å². The van der Waals surface area contributed by atoms with Gasteiger partial charge in [0, 0.05) is 11.4 Å². The SMILES string of the molecule is CC(=O)N(O)c1cccc(Br)c1C. The van der Waals surface area contributed by atoms with E-state index < -0.39 is 5.91 Å². The second-order valence-corrected chi connectivity index (χ2v) is 3.57.